The molecule has 0 fully saturated rings. The van der Waals surface area contributed by atoms with Crippen LogP contribution in [0.5, 0.6) is 5.75 Å². The van der Waals surface area contributed by atoms with Gasteiger partial charge in [0.15, 0.2) is 11.3 Å². The van der Waals surface area contributed by atoms with Gasteiger partial charge in [-0.25, -0.2) is 4.39 Å². The maximum absolute atomic E-state index is 12.9. The van der Waals surface area contributed by atoms with Gasteiger partial charge in [0, 0.05) is 31.7 Å². The van der Waals surface area contributed by atoms with Crippen molar-refractivity contribution in [3.8, 4) is 5.75 Å². The Kier molecular flexibility index (Phi) is 5.04. The van der Waals surface area contributed by atoms with Crippen molar-refractivity contribution in [1.82, 2.24) is 14.3 Å². The molecule has 0 atom stereocenters. The van der Waals surface area contributed by atoms with Crippen LogP contribution in [0.3, 0.4) is 0 Å². The Morgan fingerprint density at radius 1 is 1.15 bits per heavy atom. The van der Waals surface area contributed by atoms with Gasteiger partial charge in [0.2, 0.25) is 5.43 Å². The molecule has 9 heteroatoms. The summed E-state index contributed by atoms with van der Waals surface area (Å²) in [4.78, 5) is 37.0. The largest absolute Gasteiger partial charge is 0.503 e. The van der Waals surface area contributed by atoms with Crippen molar-refractivity contribution in [3.05, 3.63) is 80.4 Å². The molecule has 140 valence electrons. The molecule has 1 amide bonds. The first kappa shape index (κ1) is 18.3. The normalized spacial score (nSPS) is 10.9. The molecule has 0 aliphatic rings. The average molecular weight is 373 g/mol. The van der Waals surface area contributed by atoms with E-state index in [0.717, 1.165) is 10.8 Å². The van der Waals surface area contributed by atoms with Gasteiger partial charge in [-0.3, -0.25) is 14.4 Å². The van der Waals surface area contributed by atoms with Crippen LogP contribution in [0.25, 0.3) is 5.52 Å². The zero-order chi connectivity index (χ0) is 19.6. The van der Waals surface area contributed by atoms with Crippen molar-refractivity contribution in [2.75, 3.05) is 6.61 Å². The molecule has 2 aromatic heterocycles. The molecule has 3 aromatic rings. The molecule has 8 nitrogen and oxygen atoms in total. The molecule has 0 aliphatic heterocycles. The van der Waals surface area contributed by atoms with Crippen LogP contribution in [0.2, 0.25) is 0 Å². The highest BCUT2D eigenvalue weighted by atomic mass is 19.1. The van der Waals surface area contributed by atoms with Gasteiger partial charge in [0.25, 0.3) is 11.5 Å². The smallest absolute Gasteiger partial charge is 0.278 e. The number of aromatic nitrogens is 2. The van der Waals surface area contributed by atoms with Crippen LogP contribution in [0.1, 0.15) is 15.9 Å². The number of aromatic hydroxyl groups is 1. The van der Waals surface area contributed by atoms with E-state index in [2.05, 4.69) is 5.32 Å². The summed E-state index contributed by atoms with van der Waals surface area (Å²) in [7, 11) is 0. The van der Waals surface area contributed by atoms with E-state index < -0.39 is 28.5 Å². The standard InChI is InChI=1S/C18H16FN3O5/c19-12-3-1-11(2-4-12)9-20-17(26)13-10-22-6-5-21(7-8-23)18(27)14(22)16(25)15(13)24/h1-6,10,23,25H,7-9H2,(H,20,26). The number of nitrogens with zero attached hydrogens (tertiary/aromatic N) is 2. The van der Waals surface area contributed by atoms with Crippen molar-refractivity contribution in [1.29, 1.82) is 0 Å². The number of fused-ring (bicyclic) bond motifs is 1. The lowest BCUT2D eigenvalue weighted by Gasteiger charge is -2.10. The van der Waals surface area contributed by atoms with E-state index in [1.54, 1.807) is 0 Å². The molecule has 0 radical (unpaired) electrons. The highest BCUT2D eigenvalue weighted by Gasteiger charge is 2.18. The van der Waals surface area contributed by atoms with Crippen molar-refractivity contribution in [2.45, 2.75) is 13.1 Å². The summed E-state index contributed by atoms with van der Waals surface area (Å²) in [5.41, 5.74) is -1.65. The molecule has 0 bridgehead atoms. The monoisotopic (exact) mass is 373 g/mol. The third kappa shape index (κ3) is 3.58. The Morgan fingerprint density at radius 2 is 1.85 bits per heavy atom. The Hall–Kier alpha value is -3.46. The minimum Gasteiger partial charge on any atom is -0.503 e. The third-order valence-electron chi connectivity index (χ3n) is 4.03. The first-order valence-corrected chi connectivity index (χ1v) is 8.03. The maximum atomic E-state index is 12.9. The molecule has 27 heavy (non-hydrogen) atoms. The first-order chi connectivity index (χ1) is 12.9. The van der Waals surface area contributed by atoms with Gasteiger partial charge >= 0.3 is 0 Å². The Bertz CT molecular complexity index is 1120. The maximum Gasteiger partial charge on any atom is 0.278 e. The quantitative estimate of drug-likeness (QED) is 0.593. The van der Waals surface area contributed by atoms with E-state index in [1.807, 2.05) is 0 Å². The van der Waals surface area contributed by atoms with Crippen LogP contribution in [-0.2, 0) is 13.1 Å². The predicted molar refractivity (Wildman–Crippen MR) is 94.2 cm³/mol. The van der Waals surface area contributed by atoms with E-state index in [4.69, 9.17) is 5.11 Å². The summed E-state index contributed by atoms with van der Waals surface area (Å²) in [5, 5.41) is 21.6. The molecule has 0 saturated carbocycles. The van der Waals surface area contributed by atoms with E-state index in [0.29, 0.717) is 5.56 Å². The van der Waals surface area contributed by atoms with Crippen LogP contribution in [0.4, 0.5) is 4.39 Å². The fourth-order valence-corrected chi connectivity index (χ4v) is 2.63. The Balaban J connectivity index is 1.95. The third-order valence-corrected chi connectivity index (χ3v) is 4.03. The van der Waals surface area contributed by atoms with Gasteiger partial charge in [0.05, 0.1) is 6.61 Å². The number of carbonyl (C=O) groups is 1. The molecule has 0 aliphatic carbocycles. The molecule has 1 aromatic carbocycles. The van der Waals surface area contributed by atoms with Gasteiger partial charge in [-0.05, 0) is 17.7 Å². The lowest BCUT2D eigenvalue weighted by atomic mass is 10.2. The van der Waals surface area contributed by atoms with Crippen LogP contribution in [0, 0.1) is 5.82 Å². The Labute approximate surface area is 151 Å². The number of amides is 1. The lowest BCUT2D eigenvalue weighted by molar-refractivity contribution is 0.0949. The average Bonchev–Trinajstić information content (AvgIpc) is 2.66. The van der Waals surface area contributed by atoms with E-state index in [-0.39, 0.29) is 30.8 Å². The molecule has 3 N–H and O–H groups in total. The second-order valence-corrected chi connectivity index (χ2v) is 5.81. The highest BCUT2D eigenvalue weighted by molar-refractivity contribution is 5.94. The molecule has 2 heterocycles. The van der Waals surface area contributed by atoms with Crippen LogP contribution < -0.4 is 16.3 Å². The number of aliphatic hydroxyl groups excluding tert-OH is 1. The van der Waals surface area contributed by atoms with Gasteiger partial charge in [-0.1, -0.05) is 12.1 Å². The molecule has 3 rings (SSSR count). The zero-order valence-electron chi connectivity index (χ0n) is 14.1. The van der Waals surface area contributed by atoms with E-state index >= 15 is 0 Å². The summed E-state index contributed by atoms with van der Waals surface area (Å²) in [6.45, 7) is -0.228. The first-order valence-electron chi connectivity index (χ1n) is 8.03. The molecular weight excluding hydrogens is 357 g/mol. The number of nitrogens with one attached hydrogen (secondary N) is 1. The number of hydrogen-bond acceptors (Lipinski definition) is 5. The number of halogens is 1. The van der Waals surface area contributed by atoms with Crippen LogP contribution in [-0.4, -0.2) is 31.7 Å². The fraction of sp³-hybridized carbons (Fsp3) is 0.167. The van der Waals surface area contributed by atoms with Crippen LogP contribution >= 0.6 is 0 Å². The number of hydrogen-bond donors (Lipinski definition) is 3. The number of pyridine rings is 1. The van der Waals surface area contributed by atoms with Crippen molar-refractivity contribution in [3.63, 3.8) is 0 Å². The summed E-state index contributed by atoms with van der Waals surface area (Å²) >= 11 is 0. The van der Waals surface area contributed by atoms with Gasteiger partial charge < -0.3 is 24.5 Å². The summed E-state index contributed by atoms with van der Waals surface area (Å²) in [6.07, 6.45) is 3.92. The number of aliphatic hydroxyl groups is 1. The lowest BCUT2D eigenvalue weighted by Crippen LogP contribution is -2.31. The summed E-state index contributed by atoms with van der Waals surface area (Å²) in [6, 6.07) is 5.47. The van der Waals surface area contributed by atoms with Crippen LogP contribution in [0.15, 0.2) is 52.4 Å². The molecule has 0 spiro atoms. The second kappa shape index (κ2) is 7.42. The van der Waals surface area contributed by atoms with Crippen molar-refractivity contribution >= 4 is 11.4 Å². The number of rotatable bonds is 5. The molecule has 0 saturated heterocycles. The Morgan fingerprint density at radius 3 is 2.52 bits per heavy atom. The molecule has 0 unspecified atom stereocenters. The minimum absolute atomic E-state index is 0.00285. The highest BCUT2D eigenvalue weighted by Crippen LogP contribution is 2.11. The van der Waals surface area contributed by atoms with E-state index in [9.17, 15) is 23.9 Å². The SMILES string of the molecule is O=C(NCc1ccc(F)cc1)c1cn2ccn(CCO)c(=O)c2c(O)c1=O. The van der Waals surface area contributed by atoms with E-state index in [1.165, 1.54) is 41.1 Å². The topological polar surface area (TPSA) is 113 Å². The van der Waals surface area contributed by atoms with Gasteiger partial charge in [0.1, 0.15) is 11.4 Å². The van der Waals surface area contributed by atoms with Gasteiger partial charge in [-0.2, -0.15) is 0 Å². The molecular formula is C18H16FN3O5. The van der Waals surface area contributed by atoms with Crippen molar-refractivity contribution < 1.29 is 19.4 Å². The minimum atomic E-state index is -0.981. The second-order valence-electron chi connectivity index (χ2n) is 5.81. The predicted octanol–water partition coefficient (Wildman–Crippen LogP) is 0.228. The summed E-state index contributed by atoms with van der Waals surface area (Å²) < 4.78 is 15.2. The van der Waals surface area contributed by atoms with Gasteiger partial charge in [-0.15, -0.1) is 0 Å². The fourth-order valence-electron chi connectivity index (χ4n) is 2.63. The zero-order valence-corrected chi connectivity index (χ0v) is 14.1. The van der Waals surface area contributed by atoms with Crippen molar-refractivity contribution in [2.24, 2.45) is 0 Å². The number of carbonyl (C=O) groups excluding carboxylic acids is 1. The summed E-state index contributed by atoms with van der Waals surface area (Å²) in [5.74, 6) is -2.00. The number of benzene rings is 1.